The average molecular weight is 376 g/mol. The van der Waals surface area contributed by atoms with Crippen LogP contribution in [-0.4, -0.2) is 7.11 Å². The molecular formula is C15H13BrCl2O2. The van der Waals surface area contributed by atoms with Crippen molar-refractivity contribution in [1.29, 1.82) is 0 Å². The molecule has 0 saturated carbocycles. The Labute approximate surface area is 136 Å². The van der Waals surface area contributed by atoms with Crippen LogP contribution in [-0.2, 0) is 11.9 Å². The standard InChI is InChI=1S/C15H13BrCl2O2/c1-19-13-4-2-10(8-16)15(7-13)20-9-11-6-12(17)3-5-14(11)18/h2-7H,8-9H2,1H3. The number of methoxy groups -OCH3 is 1. The van der Waals surface area contributed by atoms with Gasteiger partial charge in [0, 0.05) is 32.6 Å². The van der Waals surface area contributed by atoms with Crippen LogP contribution in [0.15, 0.2) is 36.4 Å². The van der Waals surface area contributed by atoms with Gasteiger partial charge in [0.1, 0.15) is 18.1 Å². The Kier molecular flexibility index (Phi) is 5.58. The molecule has 0 unspecified atom stereocenters. The van der Waals surface area contributed by atoms with E-state index >= 15 is 0 Å². The minimum Gasteiger partial charge on any atom is -0.497 e. The van der Waals surface area contributed by atoms with Crippen molar-refractivity contribution in [3.63, 3.8) is 0 Å². The lowest BCUT2D eigenvalue weighted by molar-refractivity contribution is 0.301. The van der Waals surface area contributed by atoms with E-state index in [1.54, 1.807) is 25.3 Å². The smallest absolute Gasteiger partial charge is 0.127 e. The van der Waals surface area contributed by atoms with Crippen LogP contribution in [0.1, 0.15) is 11.1 Å². The molecule has 2 aromatic carbocycles. The van der Waals surface area contributed by atoms with E-state index in [9.17, 15) is 0 Å². The van der Waals surface area contributed by atoms with Crippen LogP contribution in [0.5, 0.6) is 11.5 Å². The Bertz CT molecular complexity index is 602. The molecule has 0 aliphatic carbocycles. The van der Waals surface area contributed by atoms with Crippen LogP contribution in [0.25, 0.3) is 0 Å². The molecule has 0 fully saturated rings. The minimum atomic E-state index is 0.354. The highest BCUT2D eigenvalue weighted by Gasteiger charge is 2.07. The van der Waals surface area contributed by atoms with E-state index in [1.165, 1.54) is 0 Å². The van der Waals surface area contributed by atoms with Crippen molar-refractivity contribution in [2.75, 3.05) is 7.11 Å². The second-order valence-electron chi connectivity index (χ2n) is 4.13. The highest BCUT2D eigenvalue weighted by Crippen LogP contribution is 2.28. The first kappa shape index (κ1) is 15.5. The van der Waals surface area contributed by atoms with Gasteiger partial charge in [-0.1, -0.05) is 45.2 Å². The molecular weight excluding hydrogens is 363 g/mol. The Hall–Kier alpha value is -0.900. The maximum absolute atomic E-state index is 6.12. The summed E-state index contributed by atoms with van der Waals surface area (Å²) in [5.41, 5.74) is 1.89. The maximum atomic E-state index is 6.12. The summed E-state index contributed by atoms with van der Waals surface area (Å²) in [5.74, 6) is 1.51. The van der Waals surface area contributed by atoms with E-state index in [1.807, 2.05) is 18.2 Å². The van der Waals surface area contributed by atoms with Gasteiger partial charge >= 0.3 is 0 Å². The quantitative estimate of drug-likeness (QED) is 0.644. The molecule has 2 rings (SSSR count). The molecule has 0 bridgehead atoms. The summed E-state index contributed by atoms with van der Waals surface area (Å²) in [6.45, 7) is 0.354. The molecule has 2 nitrogen and oxygen atoms in total. The Morgan fingerprint density at radius 2 is 1.85 bits per heavy atom. The number of alkyl halides is 1. The van der Waals surface area contributed by atoms with E-state index in [0.717, 1.165) is 22.6 Å². The van der Waals surface area contributed by atoms with Crippen LogP contribution >= 0.6 is 39.1 Å². The fourth-order valence-corrected chi connectivity index (χ4v) is 2.55. The lowest BCUT2D eigenvalue weighted by Crippen LogP contribution is -1.99. The van der Waals surface area contributed by atoms with Gasteiger partial charge in [-0.05, 0) is 24.3 Å². The summed E-state index contributed by atoms with van der Waals surface area (Å²) in [7, 11) is 1.63. The number of rotatable bonds is 5. The monoisotopic (exact) mass is 374 g/mol. The molecule has 0 amide bonds. The fraction of sp³-hybridized carbons (Fsp3) is 0.200. The Morgan fingerprint density at radius 1 is 1.05 bits per heavy atom. The summed E-state index contributed by atoms with van der Waals surface area (Å²) in [6, 6.07) is 11.0. The minimum absolute atomic E-state index is 0.354. The summed E-state index contributed by atoms with van der Waals surface area (Å²) >= 11 is 15.5. The zero-order valence-electron chi connectivity index (χ0n) is 10.8. The molecule has 0 atom stereocenters. The number of ether oxygens (including phenoxy) is 2. The largest absolute Gasteiger partial charge is 0.497 e. The van der Waals surface area contributed by atoms with Gasteiger partial charge in [0.25, 0.3) is 0 Å². The second-order valence-corrected chi connectivity index (χ2v) is 5.54. The molecule has 0 saturated heterocycles. The normalized spacial score (nSPS) is 10.4. The third kappa shape index (κ3) is 3.81. The number of hydrogen-bond donors (Lipinski definition) is 0. The van der Waals surface area contributed by atoms with Crippen molar-refractivity contribution in [3.8, 4) is 11.5 Å². The Balaban J connectivity index is 2.19. The van der Waals surface area contributed by atoms with Gasteiger partial charge in [-0.3, -0.25) is 0 Å². The van der Waals surface area contributed by atoms with E-state index < -0.39 is 0 Å². The summed E-state index contributed by atoms with van der Waals surface area (Å²) in [4.78, 5) is 0. The van der Waals surface area contributed by atoms with Crippen molar-refractivity contribution in [2.45, 2.75) is 11.9 Å². The molecule has 2 aromatic rings. The number of halogens is 3. The zero-order chi connectivity index (χ0) is 14.5. The van der Waals surface area contributed by atoms with Gasteiger partial charge in [0.05, 0.1) is 7.11 Å². The van der Waals surface area contributed by atoms with Crippen LogP contribution < -0.4 is 9.47 Å². The average Bonchev–Trinajstić information content (AvgIpc) is 2.47. The third-order valence-corrected chi connectivity index (χ3v) is 4.02. The van der Waals surface area contributed by atoms with Crippen LogP contribution in [0.2, 0.25) is 10.0 Å². The lowest BCUT2D eigenvalue weighted by atomic mass is 10.2. The van der Waals surface area contributed by atoms with Crippen molar-refractivity contribution >= 4 is 39.1 Å². The highest BCUT2D eigenvalue weighted by molar-refractivity contribution is 9.08. The summed E-state index contributed by atoms with van der Waals surface area (Å²) in [6.07, 6.45) is 0. The molecule has 0 aromatic heterocycles. The first-order valence-electron chi connectivity index (χ1n) is 5.93. The van der Waals surface area contributed by atoms with Crippen molar-refractivity contribution in [2.24, 2.45) is 0 Å². The first-order chi connectivity index (χ1) is 9.63. The van der Waals surface area contributed by atoms with E-state index in [-0.39, 0.29) is 0 Å². The molecule has 0 heterocycles. The zero-order valence-corrected chi connectivity index (χ0v) is 13.9. The van der Waals surface area contributed by atoms with Crippen LogP contribution in [0.4, 0.5) is 0 Å². The third-order valence-electron chi connectivity index (χ3n) is 2.81. The lowest BCUT2D eigenvalue weighted by Gasteiger charge is -2.12. The van der Waals surface area contributed by atoms with Gasteiger partial charge in [0.15, 0.2) is 0 Å². The van der Waals surface area contributed by atoms with E-state index in [4.69, 9.17) is 32.7 Å². The van der Waals surface area contributed by atoms with E-state index in [0.29, 0.717) is 22.0 Å². The van der Waals surface area contributed by atoms with Crippen LogP contribution in [0.3, 0.4) is 0 Å². The van der Waals surface area contributed by atoms with Crippen LogP contribution in [0, 0.1) is 0 Å². The molecule has 0 aliphatic heterocycles. The number of hydrogen-bond acceptors (Lipinski definition) is 2. The Morgan fingerprint density at radius 3 is 2.55 bits per heavy atom. The predicted octanol–water partition coefficient (Wildman–Crippen LogP) is 5.48. The van der Waals surface area contributed by atoms with Crippen molar-refractivity contribution in [3.05, 3.63) is 57.6 Å². The second kappa shape index (κ2) is 7.21. The summed E-state index contributed by atoms with van der Waals surface area (Å²) < 4.78 is 11.0. The summed E-state index contributed by atoms with van der Waals surface area (Å²) in [5, 5.41) is 1.98. The molecule has 0 N–H and O–H groups in total. The van der Waals surface area contributed by atoms with Gasteiger partial charge in [-0.2, -0.15) is 0 Å². The number of benzene rings is 2. The maximum Gasteiger partial charge on any atom is 0.127 e. The van der Waals surface area contributed by atoms with E-state index in [2.05, 4.69) is 15.9 Å². The highest BCUT2D eigenvalue weighted by atomic mass is 79.9. The predicted molar refractivity (Wildman–Crippen MR) is 86.4 cm³/mol. The molecule has 20 heavy (non-hydrogen) atoms. The molecule has 0 spiro atoms. The molecule has 5 heteroatoms. The van der Waals surface area contributed by atoms with Gasteiger partial charge < -0.3 is 9.47 Å². The molecule has 106 valence electrons. The van der Waals surface area contributed by atoms with Crippen molar-refractivity contribution < 1.29 is 9.47 Å². The van der Waals surface area contributed by atoms with Crippen molar-refractivity contribution in [1.82, 2.24) is 0 Å². The van der Waals surface area contributed by atoms with Gasteiger partial charge in [-0.25, -0.2) is 0 Å². The first-order valence-corrected chi connectivity index (χ1v) is 7.81. The topological polar surface area (TPSA) is 18.5 Å². The fourth-order valence-electron chi connectivity index (χ4n) is 1.72. The molecule has 0 aliphatic rings. The molecule has 0 radical (unpaired) electrons. The van der Waals surface area contributed by atoms with Gasteiger partial charge in [-0.15, -0.1) is 0 Å². The SMILES string of the molecule is COc1ccc(CBr)c(OCc2cc(Cl)ccc2Cl)c1. The van der Waals surface area contributed by atoms with Gasteiger partial charge in [0.2, 0.25) is 0 Å².